The topological polar surface area (TPSA) is 85.6 Å². The van der Waals surface area contributed by atoms with E-state index in [1.165, 1.54) is 12.3 Å². The zero-order valence-electron chi connectivity index (χ0n) is 18.1. The van der Waals surface area contributed by atoms with Gasteiger partial charge in [-0.15, -0.1) is 0 Å². The van der Waals surface area contributed by atoms with Crippen LogP contribution in [0.3, 0.4) is 0 Å². The zero-order chi connectivity index (χ0) is 22.5. The zero-order valence-corrected chi connectivity index (χ0v) is 18.1. The highest BCUT2D eigenvalue weighted by atomic mass is 19.3. The van der Waals surface area contributed by atoms with Gasteiger partial charge in [-0.2, -0.15) is 0 Å². The highest BCUT2D eigenvalue weighted by Crippen LogP contribution is 2.39. The number of nitro groups is 1. The summed E-state index contributed by atoms with van der Waals surface area (Å²) in [5, 5.41) is 11.8. The molecule has 0 saturated heterocycles. The molecular weight excluding hydrogens is 396 g/mol. The Morgan fingerprint density at radius 1 is 1.37 bits per heavy atom. The molecule has 1 saturated carbocycles. The minimum absolute atomic E-state index is 0.0967. The fourth-order valence-corrected chi connectivity index (χ4v) is 3.81. The average Bonchev–Trinajstić information content (AvgIpc) is 2.66. The largest absolute Gasteiger partial charge is 0.466 e. The predicted molar refractivity (Wildman–Crippen MR) is 110 cm³/mol. The van der Waals surface area contributed by atoms with Crippen molar-refractivity contribution in [3.05, 3.63) is 27.9 Å². The maximum absolute atomic E-state index is 13.6. The first-order valence-corrected chi connectivity index (χ1v) is 10.5. The van der Waals surface area contributed by atoms with E-state index < -0.39 is 10.8 Å². The lowest BCUT2D eigenvalue weighted by Crippen LogP contribution is -2.43. The molecule has 0 aliphatic heterocycles. The van der Waals surface area contributed by atoms with Crippen LogP contribution in [0.15, 0.2) is 12.3 Å². The molecule has 1 atom stereocenters. The van der Waals surface area contributed by atoms with Crippen molar-refractivity contribution in [2.24, 2.45) is 5.92 Å². The fraction of sp³-hybridized carbons (Fsp3) is 0.714. The van der Waals surface area contributed by atoms with E-state index in [9.17, 15) is 23.7 Å². The predicted octanol–water partition coefficient (Wildman–Crippen LogP) is 5.09. The van der Waals surface area contributed by atoms with Crippen molar-refractivity contribution < 1.29 is 23.2 Å². The van der Waals surface area contributed by atoms with Gasteiger partial charge in [0.15, 0.2) is 0 Å². The van der Waals surface area contributed by atoms with E-state index in [2.05, 4.69) is 4.98 Å². The molecule has 1 aliphatic rings. The number of esters is 1. The maximum Gasteiger partial charge on any atom is 0.311 e. The first-order valence-electron chi connectivity index (χ1n) is 10.5. The number of carbonyl (C=O) groups is 1. The molecule has 0 spiro atoms. The number of hydrogen-bond donors (Lipinski definition) is 0. The second kappa shape index (κ2) is 10.1. The summed E-state index contributed by atoms with van der Waals surface area (Å²) >= 11 is 0. The number of anilines is 1. The molecule has 0 bridgehead atoms. The number of halogens is 2. The van der Waals surface area contributed by atoms with Gasteiger partial charge in [-0.25, -0.2) is 13.8 Å². The lowest BCUT2D eigenvalue weighted by atomic mass is 9.90. The van der Waals surface area contributed by atoms with Gasteiger partial charge in [-0.1, -0.05) is 20.8 Å². The van der Waals surface area contributed by atoms with E-state index >= 15 is 0 Å². The summed E-state index contributed by atoms with van der Waals surface area (Å²) in [7, 11) is 0. The number of pyridine rings is 1. The molecule has 0 aromatic carbocycles. The molecule has 30 heavy (non-hydrogen) atoms. The number of rotatable bonds is 9. The van der Waals surface area contributed by atoms with Crippen molar-refractivity contribution in [3.8, 4) is 0 Å². The first kappa shape index (κ1) is 24.0. The Kier molecular flexibility index (Phi) is 8.09. The molecule has 1 aromatic heterocycles. The maximum atomic E-state index is 13.6. The van der Waals surface area contributed by atoms with Gasteiger partial charge in [0.25, 0.3) is 0 Å². The summed E-state index contributed by atoms with van der Waals surface area (Å²) in [4.78, 5) is 29.3. The smallest absolute Gasteiger partial charge is 0.311 e. The van der Waals surface area contributed by atoms with Gasteiger partial charge in [0.2, 0.25) is 11.7 Å². The van der Waals surface area contributed by atoms with E-state index in [0.29, 0.717) is 12.1 Å². The lowest BCUT2D eigenvalue weighted by molar-refractivity contribution is -0.384. The van der Waals surface area contributed by atoms with Crippen molar-refractivity contribution in [1.82, 2.24) is 4.98 Å². The molecule has 7 nitrogen and oxygen atoms in total. The third-order valence-corrected chi connectivity index (χ3v) is 5.37. The van der Waals surface area contributed by atoms with E-state index in [1.807, 2.05) is 18.7 Å². The third-order valence-electron chi connectivity index (χ3n) is 5.37. The molecule has 168 valence electrons. The number of nitrogens with zero attached hydrogens (tertiary/aromatic N) is 3. The van der Waals surface area contributed by atoms with Gasteiger partial charge < -0.3 is 9.64 Å². The Bertz CT molecular complexity index is 748. The van der Waals surface area contributed by atoms with Crippen molar-refractivity contribution in [2.75, 3.05) is 18.1 Å². The van der Waals surface area contributed by atoms with Crippen LogP contribution < -0.4 is 4.90 Å². The van der Waals surface area contributed by atoms with Gasteiger partial charge >= 0.3 is 11.7 Å². The normalized spacial score (nSPS) is 17.6. The SMILES string of the molecule is CCOC(=O)C[C@@H](C)c1cnc(N(CC(C)C)C2CCC(F)(F)CC2)c([N+](=O)[O-])c1. The highest BCUT2D eigenvalue weighted by Gasteiger charge is 2.39. The summed E-state index contributed by atoms with van der Waals surface area (Å²) in [6.45, 7) is 8.22. The summed E-state index contributed by atoms with van der Waals surface area (Å²) < 4.78 is 32.2. The second-order valence-corrected chi connectivity index (χ2v) is 8.41. The number of aromatic nitrogens is 1. The molecule has 0 radical (unpaired) electrons. The molecule has 9 heteroatoms. The van der Waals surface area contributed by atoms with Crippen LogP contribution in [-0.2, 0) is 9.53 Å². The van der Waals surface area contributed by atoms with Crippen LogP contribution in [0.25, 0.3) is 0 Å². The van der Waals surface area contributed by atoms with Gasteiger partial charge in [-0.3, -0.25) is 14.9 Å². The van der Waals surface area contributed by atoms with Crippen molar-refractivity contribution in [3.63, 3.8) is 0 Å². The minimum Gasteiger partial charge on any atom is -0.466 e. The summed E-state index contributed by atoms with van der Waals surface area (Å²) in [5.41, 5.74) is 0.402. The lowest BCUT2D eigenvalue weighted by Gasteiger charge is -2.38. The minimum atomic E-state index is -2.67. The van der Waals surface area contributed by atoms with Crippen LogP contribution in [0.2, 0.25) is 0 Å². The van der Waals surface area contributed by atoms with Crippen molar-refractivity contribution >= 4 is 17.5 Å². The van der Waals surface area contributed by atoms with E-state index in [4.69, 9.17) is 4.74 Å². The Morgan fingerprint density at radius 2 is 2.00 bits per heavy atom. The Morgan fingerprint density at radius 3 is 2.53 bits per heavy atom. The van der Waals surface area contributed by atoms with Crippen LogP contribution >= 0.6 is 0 Å². The molecule has 1 aromatic rings. The number of alkyl halides is 2. The van der Waals surface area contributed by atoms with Gasteiger partial charge in [0, 0.05) is 37.7 Å². The molecular formula is C21H31F2N3O4. The Balaban J connectivity index is 2.33. The van der Waals surface area contributed by atoms with E-state index in [0.717, 1.165) is 0 Å². The van der Waals surface area contributed by atoms with Crippen LogP contribution in [0, 0.1) is 16.0 Å². The average molecular weight is 427 g/mol. The van der Waals surface area contributed by atoms with E-state index in [-0.39, 0.29) is 74.1 Å². The van der Waals surface area contributed by atoms with Gasteiger partial charge in [0.05, 0.1) is 18.0 Å². The molecule has 0 unspecified atom stereocenters. The highest BCUT2D eigenvalue weighted by molar-refractivity contribution is 5.70. The van der Waals surface area contributed by atoms with E-state index in [1.54, 1.807) is 13.8 Å². The molecule has 1 fully saturated rings. The van der Waals surface area contributed by atoms with Crippen molar-refractivity contribution in [1.29, 1.82) is 0 Å². The first-order chi connectivity index (χ1) is 14.0. The number of carbonyl (C=O) groups excluding carboxylic acids is 1. The number of hydrogen-bond acceptors (Lipinski definition) is 6. The fourth-order valence-electron chi connectivity index (χ4n) is 3.81. The molecule has 0 amide bonds. The van der Waals surface area contributed by atoms with Crippen LogP contribution in [-0.4, -0.2) is 41.0 Å². The Hall–Kier alpha value is -2.32. The summed E-state index contributed by atoms with van der Waals surface area (Å²) in [6.07, 6.45) is 1.71. The summed E-state index contributed by atoms with van der Waals surface area (Å²) in [5.74, 6) is -2.96. The van der Waals surface area contributed by atoms with Crippen LogP contribution in [0.5, 0.6) is 0 Å². The quantitative estimate of drug-likeness (QED) is 0.310. The molecule has 1 aliphatic carbocycles. The monoisotopic (exact) mass is 427 g/mol. The second-order valence-electron chi connectivity index (χ2n) is 8.41. The standard InChI is InChI=1S/C21H31F2N3O4/c1-5-30-19(27)10-15(4)16-11-18(26(28)29)20(24-12-16)25(13-14(2)3)17-6-8-21(22,23)9-7-17/h11-12,14-15,17H,5-10,13H2,1-4H3/t15-/m1/s1. The Labute approximate surface area is 176 Å². The van der Waals surface area contributed by atoms with Crippen molar-refractivity contribution in [2.45, 2.75) is 77.7 Å². The molecule has 2 rings (SSSR count). The molecule has 1 heterocycles. The van der Waals surface area contributed by atoms with Gasteiger partial charge in [0.1, 0.15) is 0 Å². The van der Waals surface area contributed by atoms with Crippen LogP contribution in [0.4, 0.5) is 20.3 Å². The number of ether oxygens (including phenoxy) is 1. The van der Waals surface area contributed by atoms with Crippen LogP contribution in [0.1, 0.15) is 71.3 Å². The van der Waals surface area contributed by atoms with Gasteiger partial charge in [-0.05, 0) is 37.2 Å². The summed E-state index contributed by atoms with van der Waals surface area (Å²) in [6, 6.07) is 1.22. The third kappa shape index (κ3) is 6.34. The molecule has 0 N–H and O–H groups in total.